The molecule has 2 saturated heterocycles. The SMILES string of the molecule is C[C@@H]1CN(c2ncc(C#N)cn2)CCN1C(=O)NC1CC2(C1)CN(Cc1ccccc1)C2. The number of amides is 2. The van der Waals surface area contributed by atoms with Crippen molar-refractivity contribution in [2.75, 3.05) is 37.6 Å². The number of carbonyl (C=O) groups excluding carboxylic acids is 1. The number of aromatic nitrogens is 2. The number of nitrogens with zero attached hydrogens (tertiary/aromatic N) is 6. The Morgan fingerprint density at radius 2 is 1.91 bits per heavy atom. The molecule has 1 atom stereocenters. The van der Waals surface area contributed by atoms with Crippen molar-refractivity contribution in [3.8, 4) is 6.07 Å². The summed E-state index contributed by atoms with van der Waals surface area (Å²) in [7, 11) is 0. The summed E-state index contributed by atoms with van der Waals surface area (Å²) in [6, 6.07) is 13.0. The third-order valence-corrected chi connectivity index (χ3v) is 6.99. The summed E-state index contributed by atoms with van der Waals surface area (Å²) in [5, 5.41) is 12.2. The number of piperazine rings is 1. The number of hydrogen-bond donors (Lipinski definition) is 1. The normalized spacial score (nSPS) is 22.7. The predicted octanol–water partition coefficient (Wildman–Crippen LogP) is 2.23. The molecule has 0 unspecified atom stereocenters. The molecule has 1 aromatic heterocycles. The highest BCUT2D eigenvalue weighted by molar-refractivity contribution is 5.75. The summed E-state index contributed by atoms with van der Waals surface area (Å²) < 4.78 is 0. The number of anilines is 1. The summed E-state index contributed by atoms with van der Waals surface area (Å²) in [4.78, 5) is 27.9. The Labute approximate surface area is 188 Å². The van der Waals surface area contributed by atoms with Gasteiger partial charge >= 0.3 is 6.03 Å². The van der Waals surface area contributed by atoms with E-state index in [0.29, 0.717) is 36.6 Å². The zero-order valence-electron chi connectivity index (χ0n) is 18.4. The Morgan fingerprint density at radius 1 is 1.19 bits per heavy atom. The zero-order valence-corrected chi connectivity index (χ0v) is 18.4. The van der Waals surface area contributed by atoms with Crippen LogP contribution in [0.2, 0.25) is 0 Å². The van der Waals surface area contributed by atoms with Gasteiger partial charge in [-0.05, 0) is 30.7 Å². The molecule has 2 aliphatic heterocycles. The van der Waals surface area contributed by atoms with E-state index in [2.05, 4.69) is 62.3 Å². The molecule has 2 aromatic rings. The van der Waals surface area contributed by atoms with Crippen LogP contribution in [0.1, 0.15) is 30.9 Å². The number of benzene rings is 1. The fourth-order valence-electron chi connectivity index (χ4n) is 5.44. The highest BCUT2D eigenvalue weighted by Crippen LogP contribution is 2.48. The number of carbonyl (C=O) groups is 1. The number of likely N-dealkylation sites (tertiary alicyclic amines) is 1. The van der Waals surface area contributed by atoms with Crippen molar-refractivity contribution < 1.29 is 4.79 Å². The number of urea groups is 1. The molecule has 1 aliphatic carbocycles. The van der Waals surface area contributed by atoms with Crippen molar-refractivity contribution in [2.45, 2.75) is 38.4 Å². The van der Waals surface area contributed by atoms with E-state index in [0.717, 1.165) is 32.5 Å². The number of rotatable bonds is 4. The summed E-state index contributed by atoms with van der Waals surface area (Å²) >= 11 is 0. The van der Waals surface area contributed by atoms with Crippen molar-refractivity contribution in [2.24, 2.45) is 5.41 Å². The minimum absolute atomic E-state index is 0.0400. The van der Waals surface area contributed by atoms with Crippen molar-refractivity contribution in [1.29, 1.82) is 5.26 Å². The molecular formula is C24H29N7O. The maximum atomic E-state index is 12.9. The fourth-order valence-corrected chi connectivity index (χ4v) is 5.44. The van der Waals surface area contributed by atoms with Crippen LogP contribution in [0, 0.1) is 16.7 Å². The van der Waals surface area contributed by atoms with Gasteiger partial charge in [0.15, 0.2) is 0 Å². The first-order chi connectivity index (χ1) is 15.5. The predicted molar refractivity (Wildman–Crippen MR) is 121 cm³/mol. The van der Waals surface area contributed by atoms with Gasteiger partial charge < -0.3 is 15.1 Å². The Kier molecular flexibility index (Phi) is 5.43. The van der Waals surface area contributed by atoms with Gasteiger partial charge in [-0.25, -0.2) is 14.8 Å². The first kappa shape index (κ1) is 20.7. The molecule has 3 aliphatic rings. The van der Waals surface area contributed by atoms with Crippen LogP contribution in [0.5, 0.6) is 0 Å². The standard InChI is InChI=1S/C24H29N7O/c1-18-14-30(22-26-12-20(11-25)13-27-22)7-8-31(18)23(32)28-21-9-24(10-21)16-29(17-24)15-19-5-3-2-4-6-19/h2-6,12-13,18,21H,7-10,14-17H2,1H3,(H,28,32)/t18-/m1/s1. The molecule has 0 radical (unpaired) electrons. The Balaban J connectivity index is 1.06. The van der Waals surface area contributed by atoms with E-state index in [1.165, 1.54) is 5.56 Å². The third-order valence-electron chi connectivity index (χ3n) is 6.99. The van der Waals surface area contributed by atoms with Crippen LogP contribution in [-0.4, -0.2) is 70.6 Å². The van der Waals surface area contributed by atoms with Crippen molar-refractivity contribution >= 4 is 12.0 Å². The van der Waals surface area contributed by atoms with Gasteiger partial charge in [0.1, 0.15) is 6.07 Å². The summed E-state index contributed by atoms with van der Waals surface area (Å²) in [6.45, 7) is 7.35. The first-order valence-electron chi connectivity index (χ1n) is 11.3. The quantitative estimate of drug-likeness (QED) is 0.799. The van der Waals surface area contributed by atoms with Crippen LogP contribution < -0.4 is 10.2 Å². The molecule has 8 nitrogen and oxygen atoms in total. The number of nitrogens with one attached hydrogen (secondary N) is 1. The van der Waals surface area contributed by atoms with Gasteiger partial charge in [-0.2, -0.15) is 5.26 Å². The van der Waals surface area contributed by atoms with E-state index in [-0.39, 0.29) is 18.1 Å². The minimum Gasteiger partial charge on any atom is -0.337 e. The molecule has 8 heteroatoms. The lowest BCUT2D eigenvalue weighted by atomic mass is 9.60. The summed E-state index contributed by atoms with van der Waals surface area (Å²) in [5.41, 5.74) is 2.23. The molecule has 166 valence electrons. The highest BCUT2D eigenvalue weighted by atomic mass is 16.2. The van der Waals surface area contributed by atoms with Crippen LogP contribution in [0.15, 0.2) is 42.7 Å². The van der Waals surface area contributed by atoms with Crippen LogP contribution in [0.25, 0.3) is 0 Å². The summed E-state index contributed by atoms with van der Waals surface area (Å²) in [6.07, 6.45) is 5.24. The van der Waals surface area contributed by atoms with Crippen molar-refractivity contribution in [3.63, 3.8) is 0 Å². The largest absolute Gasteiger partial charge is 0.337 e. The highest BCUT2D eigenvalue weighted by Gasteiger charge is 2.52. The second kappa shape index (κ2) is 8.40. The monoisotopic (exact) mass is 431 g/mol. The lowest BCUT2D eigenvalue weighted by Gasteiger charge is -2.59. The van der Waals surface area contributed by atoms with Crippen LogP contribution in [0.3, 0.4) is 0 Å². The van der Waals surface area contributed by atoms with Crippen LogP contribution in [-0.2, 0) is 6.54 Å². The average Bonchev–Trinajstić information content (AvgIpc) is 2.76. The topological polar surface area (TPSA) is 88.4 Å². The van der Waals surface area contributed by atoms with Gasteiger partial charge in [-0.15, -0.1) is 0 Å². The van der Waals surface area contributed by atoms with Gasteiger partial charge in [-0.1, -0.05) is 30.3 Å². The van der Waals surface area contributed by atoms with Crippen molar-refractivity contribution in [3.05, 3.63) is 53.9 Å². The molecule has 1 aromatic carbocycles. The molecule has 1 spiro atoms. The molecular weight excluding hydrogens is 402 g/mol. The first-order valence-corrected chi connectivity index (χ1v) is 11.3. The van der Waals surface area contributed by atoms with Gasteiger partial charge in [0, 0.05) is 51.4 Å². The lowest BCUT2D eigenvalue weighted by molar-refractivity contribution is -0.0810. The van der Waals surface area contributed by atoms with Gasteiger partial charge in [0.05, 0.1) is 18.0 Å². The van der Waals surface area contributed by atoms with E-state index >= 15 is 0 Å². The summed E-state index contributed by atoms with van der Waals surface area (Å²) in [5.74, 6) is 0.613. The van der Waals surface area contributed by atoms with E-state index in [4.69, 9.17) is 5.26 Å². The molecule has 32 heavy (non-hydrogen) atoms. The zero-order chi connectivity index (χ0) is 22.1. The molecule has 5 rings (SSSR count). The maximum absolute atomic E-state index is 12.9. The Hall–Kier alpha value is -3.18. The Bertz CT molecular complexity index is 989. The smallest absolute Gasteiger partial charge is 0.317 e. The average molecular weight is 432 g/mol. The molecule has 3 heterocycles. The molecule has 3 fully saturated rings. The van der Waals surface area contributed by atoms with Crippen LogP contribution >= 0.6 is 0 Å². The second-order valence-electron chi connectivity index (χ2n) is 9.56. The fraction of sp³-hybridized carbons (Fsp3) is 0.500. The van der Waals surface area contributed by atoms with E-state index in [1.807, 2.05) is 11.0 Å². The molecule has 2 amide bonds. The van der Waals surface area contributed by atoms with E-state index < -0.39 is 0 Å². The third kappa shape index (κ3) is 4.13. The minimum atomic E-state index is 0.0400. The molecule has 1 saturated carbocycles. The number of nitriles is 1. The molecule has 1 N–H and O–H groups in total. The number of hydrogen-bond acceptors (Lipinski definition) is 6. The van der Waals surface area contributed by atoms with Crippen molar-refractivity contribution in [1.82, 2.24) is 25.1 Å². The van der Waals surface area contributed by atoms with Gasteiger partial charge in [-0.3, -0.25) is 4.90 Å². The second-order valence-corrected chi connectivity index (χ2v) is 9.56. The van der Waals surface area contributed by atoms with Gasteiger partial charge in [0.2, 0.25) is 5.95 Å². The van der Waals surface area contributed by atoms with E-state index in [9.17, 15) is 4.79 Å². The van der Waals surface area contributed by atoms with Gasteiger partial charge in [0.25, 0.3) is 0 Å². The maximum Gasteiger partial charge on any atom is 0.317 e. The van der Waals surface area contributed by atoms with E-state index in [1.54, 1.807) is 12.4 Å². The lowest BCUT2D eigenvalue weighted by Crippen LogP contribution is -2.67. The molecule has 0 bridgehead atoms. The Morgan fingerprint density at radius 3 is 2.56 bits per heavy atom. The van der Waals surface area contributed by atoms with Crippen LogP contribution in [0.4, 0.5) is 10.7 Å².